The topological polar surface area (TPSA) is 40.5 Å². The van der Waals surface area contributed by atoms with Crippen molar-refractivity contribution in [2.45, 2.75) is 72.0 Å². The molecule has 0 atom stereocenters. The summed E-state index contributed by atoms with van der Waals surface area (Å²) in [4.78, 5) is 0. The van der Waals surface area contributed by atoms with Gasteiger partial charge < -0.3 is 10.2 Å². The van der Waals surface area contributed by atoms with Gasteiger partial charge in [0.25, 0.3) is 0 Å². The average Bonchev–Trinajstić information content (AvgIpc) is 2.37. The molecule has 110 valence electrons. The molecular formula is C15H34O2P+. The summed E-state index contributed by atoms with van der Waals surface area (Å²) in [6, 6.07) is 0. The van der Waals surface area contributed by atoms with Gasteiger partial charge in [-0.15, -0.1) is 0 Å². The average molecular weight is 277 g/mol. The van der Waals surface area contributed by atoms with Crippen LogP contribution in [0.25, 0.3) is 0 Å². The molecule has 0 amide bonds. The second kappa shape index (κ2) is 11.2. The number of aliphatic hydroxyl groups is 2. The van der Waals surface area contributed by atoms with Gasteiger partial charge in [0, 0.05) is 13.7 Å². The molecule has 0 saturated carbocycles. The molecule has 3 heteroatoms. The van der Waals surface area contributed by atoms with Crippen LogP contribution in [0.4, 0.5) is 0 Å². The fourth-order valence-corrected chi connectivity index (χ4v) is 7.62. The third-order valence-corrected chi connectivity index (χ3v) is 8.82. The van der Waals surface area contributed by atoms with E-state index in [9.17, 15) is 0 Å². The molecule has 0 fully saturated rings. The largest absolute Gasteiger partial charge is 0.368 e. The van der Waals surface area contributed by atoms with Gasteiger partial charge in [0.2, 0.25) is 0 Å². The van der Waals surface area contributed by atoms with Crippen molar-refractivity contribution in [3.63, 3.8) is 0 Å². The molecule has 18 heavy (non-hydrogen) atoms. The summed E-state index contributed by atoms with van der Waals surface area (Å²) >= 11 is 0. The number of unbranched alkanes of at least 4 members (excludes halogenated alkanes) is 3. The van der Waals surface area contributed by atoms with Crippen molar-refractivity contribution >= 4 is 7.26 Å². The van der Waals surface area contributed by atoms with E-state index in [1.807, 2.05) is 0 Å². The van der Waals surface area contributed by atoms with Crippen LogP contribution in [-0.2, 0) is 0 Å². The predicted octanol–water partition coefficient (Wildman–Crippen LogP) is 4.11. The van der Waals surface area contributed by atoms with Crippen molar-refractivity contribution in [1.29, 1.82) is 0 Å². The monoisotopic (exact) mass is 277 g/mol. The summed E-state index contributed by atoms with van der Waals surface area (Å²) in [6.07, 6.45) is 12.5. The van der Waals surface area contributed by atoms with Crippen molar-refractivity contribution in [2.24, 2.45) is 0 Å². The molecule has 2 N–H and O–H groups in total. The highest BCUT2D eigenvalue weighted by Crippen LogP contribution is 2.61. The van der Waals surface area contributed by atoms with Crippen LogP contribution in [0, 0.1) is 0 Å². The minimum Gasteiger partial charge on any atom is -0.368 e. The molecule has 0 saturated heterocycles. The molecule has 0 heterocycles. The lowest BCUT2D eigenvalue weighted by atomic mass is 10.4. The standard InChI is InChI=1S/C15H34O2P/c1-4-7-11-18(12-8-5-2,13-9-6-3)14-10-15(16)17/h15-17H,4-14H2,1-3H3/q+1. The Kier molecular flexibility index (Phi) is 11.4. The van der Waals surface area contributed by atoms with Crippen molar-refractivity contribution in [2.75, 3.05) is 24.6 Å². The third-order valence-electron chi connectivity index (χ3n) is 3.82. The van der Waals surface area contributed by atoms with E-state index in [4.69, 9.17) is 10.2 Å². The second-order valence-corrected chi connectivity index (χ2v) is 10.0. The molecule has 0 aromatic carbocycles. The molecule has 0 aromatic rings. The van der Waals surface area contributed by atoms with Crippen molar-refractivity contribution < 1.29 is 10.2 Å². The molecule has 0 rings (SSSR count). The van der Waals surface area contributed by atoms with Gasteiger partial charge in [-0.3, -0.25) is 0 Å². The summed E-state index contributed by atoms with van der Waals surface area (Å²) in [6.45, 7) is 6.78. The van der Waals surface area contributed by atoms with Crippen LogP contribution in [0.15, 0.2) is 0 Å². The number of hydrogen-bond donors (Lipinski definition) is 2. The van der Waals surface area contributed by atoms with Gasteiger partial charge in [0.15, 0.2) is 6.29 Å². The zero-order valence-electron chi connectivity index (χ0n) is 12.7. The fourth-order valence-electron chi connectivity index (χ4n) is 2.54. The summed E-state index contributed by atoms with van der Waals surface area (Å²) in [5.74, 6) is 0. The third kappa shape index (κ3) is 8.45. The highest BCUT2D eigenvalue weighted by molar-refractivity contribution is 7.75. The second-order valence-electron chi connectivity index (χ2n) is 5.57. The highest BCUT2D eigenvalue weighted by atomic mass is 31.2. The van der Waals surface area contributed by atoms with E-state index in [2.05, 4.69) is 20.8 Å². The number of rotatable bonds is 12. The van der Waals surface area contributed by atoms with Crippen LogP contribution in [0.1, 0.15) is 65.7 Å². The van der Waals surface area contributed by atoms with Gasteiger partial charge in [-0.05, 0) is 19.3 Å². The molecular weight excluding hydrogens is 243 g/mol. The predicted molar refractivity (Wildman–Crippen MR) is 84.0 cm³/mol. The lowest BCUT2D eigenvalue weighted by molar-refractivity contribution is -0.0407. The molecule has 0 aliphatic heterocycles. The Morgan fingerprint density at radius 3 is 1.39 bits per heavy atom. The van der Waals surface area contributed by atoms with Gasteiger partial charge in [-0.2, -0.15) is 0 Å². The summed E-state index contributed by atoms with van der Waals surface area (Å²) < 4.78 is 0. The van der Waals surface area contributed by atoms with E-state index in [0.717, 1.165) is 6.16 Å². The van der Waals surface area contributed by atoms with Crippen molar-refractivity contribution in [1.82, 2.24) is 0 Å². The first-order valence-electron chi connectivity index (χ1n) is 7.81. The summed E-state index contributed by atoms with van der Waals surface area (Å²) in [5, 5.41) is 18.3. The van der Waals surface area contributed by atoms with Crippen LogP contribution < -0.4 is 0 Å². The maximum Gasteiger partial charge on any atom is 0.154 e. The van der Waals surface area contributed by atoms with Crippen LogP contribution in [0.2, 0.25) is 0 Å². The SMILES string of the molecule is CCCC[P+](CCCC)(CCCC)CCC(O)O. The van der Waals surface area contributed by atoms with Crippen LogP contribution >= 0.6 is 7.26 Å². The lowest BCUT2D eigenvalue weighted by Gasteiger charge is -2.28. The molecule has 0 radical (unpaired) electrons. The zero-order valence-corrected chi connectivity index (χ0v) is 13.6. The van der Waals surface area contributed by atoms with Gasteiger partial charge in [-0.1, -0.05) is 40.0 Å². The van der Waals surface area contributed by atoms with Gasteiger partial charge in [0.05, 0.1) is 24.6 Å². The van der Waals surface area contributed by atoms with Crippen molar-refractivity contribution in [3.05, 3.63) is 0 Å². The van der Waals surface area contributed by atoms with Crippen LogP contribution in [0.3, 0.4) is 0 Å². The smallest absolute Gasteiger partial charge is 0.154 e. The van der Waals surface area contributed by atoms with Crippen LogP contribution in [0.5, 0.6) is 0 Å². The van der Waals surface area contributed by atoms with Gasteiger partial charge in [0.1, 0.15) is 0 Å². The van der Waals surface area contributed by atoms with Crippen LogP contribution in [-0.4, -0.2) is 41.2 Å². The summed E-state index contributed by atoms with van der Waals surface area (Å²) in [7, 11) is -0.920. The highest BCUT2D eigenvalue weighted by Gasteiger charge is 2.35. The molecule has 0 aromatic heterocycles. The Labute approximate surface area is 115 Å². The Morgan fingerprint density at radius 1 is 0.722 bits per heavy atom. The van der Waals surface area contributed by atoms with E-state index in [1.54, 1.807) is 0 Å². The fraction of sp³-hybridized carbons (Fsp3) is 1.00. The number of hydrogen-bond acceptors (Lipinski definition) is 2. The Hall–Kier alpha value is 0.350. The van der Waals surface area contributed by atoms with E-state index in [0.29, 0.717) is 6.42 Å². The first-order valence-corrected chi connectivity index (χ1v) is 10.3. The van der Waals surface area contributed by atoms with E-state index in [1.165, 1.54) is 57.0 Å². The molecule has 0 bridgehead atoms. The molecule has 0 aliphatic carbocycles. The van der Waals surface area contributed by atoms with E-state index in [-0.39, 0.29) is 0 Å². The molecule has 0 aliphatic rings. The Morgan fingerprint density at radius 2 is 1.11 bits per heavy atom. The first kappa shape index (κ1) is 18.4. The molecule has 2 nitrogen and oxygen atoms in total. The maximum absolute atomic E-state index is 9.17. The Bertz CT molecular complexity index is 162. The molecule has 0 spiro atoms. The molecule has 0 unspecified atom stereocenters. The van der Waals surface area contributed by atoms with Crippen molar-refractivity contribution in [3.8, 4) is 0 Å². The van der Waals surface area contributed by atoms with Gasteiger partial charge >= 0.3 is 0 Å². The Balaban J connectivity index is 4.51. The first-order chi connectivity index (χ1) is 8.60. The van der Waals surface area contributed by atoms with Gasteiger partial charge in [-0.25, -0.2) is 0 Å². The quantitative estimate of drug-likeness (QED) is 0.416. The normalized spacial score (nSPS) is 12.3. The maximum atomic E-state index is 9.17. The minimum atomic E-state index is -1.10. The zero-order chi connectivity index (χ0) is 13.9. The minimum absolute atomic E-state index is 0.588. The lowest BCUT2D eigenvalue weighted by Crippen LogP contribution is -2.17. The van der Waals surface area contributed by atoms with E-state index >= 15 is 0 Å². The van der Waals surface area contributed by atoms with E-state index < -0.39 is 13.6 Å². The summed E-state index contributed by atoms with van der Waals surface area (Å²) in [5.41, 5.74) is 0. The number of aliphatic hydroxyl groups excluding tert-OH is 1.